The average Bonchev–Trinajstić information content (AvgIpc) is 2.45. The zero-order chi connectivity index (χ0) is 15.0. The van der Waals surface area contributed by atoms with Crippen LogP contribution in [0.3, 0.4) is 0 Å². The van der Waals surface area contributed by atoms with Gasteiger partial charge in [-0.3, -0.25) is 4.79 Å². The number of nitrogens with one attached hydrogen (secondary N) is 1. The van der Waals surface area contributed by atoms with Crippen molar-refractivity contribution in [3.8, 4) is 0 Å². The number of hydrogen-bond acceptors (Lipinski definition) is 3. The Balaban J connectivity index is 2.65. The summed E-state index contributed by atoms with van der Waals surface area (Å²) >= 11 is 0. The quantitative estimate of drug-likeness (QED) is 0.766. The van der Waals surface area contributed by atoms with Crippen LogP contribution in [0.2, 0.25) is 0 Å². The molecule has 1 heterocycles. The predicted molar refractivity (Wildman–Crippen MR) is 76.9 cm³/mol. The van der Waals surface area contributed by atoms with Gasteiger partial charge in [0.15, 0.2) is 0 Å². The molecule has 0 aliphatic carbocycles. The highest BCUT2D eigenvalue weighted by atomic mass is 16.4. The number of nitrogens with zero attached hydrogens (tertiary/aromatic N) is 1. The second kappa shape index (κ2) is 8.30. The lowest BCUT2D eigenvalue weighted by molar-refractivity contribution is 0.0689. The van der Waals surface area contributed by atoms with Crippen molar-refractivity contribution in [2.24, 2.45) is 0 Å². The highest BCUT2D eigenvalue weighted by molar-refractivity contribution is 5.95. The number of aromatic carboxylic acids is 1. The summed E-state index contributed by atoms with van der Waals surface area (Å²) in [6.45, 7) is 4.22. The number of carboxylic acids is 1. The number of aromatic nitrogens is 1. The molecule has 0 aliphatic rings. The minimum absolute atomic E-state index is 0.0577. The van der Waals surface area contributed by atoms with Crippen LogP contribution in [0.25, 0.3) is 0 Å². The van der Waals surface area contributed by atoms with Crippen molar-refractivity contribution in [3.63, 3.8) is 0 Å². The molecule has 0 fully saturated rings. The third kappa shape index (κ3) is 4.99. The highest BCUT2D eigenvalue weighted by Crippen LogP contribution is 2.08. The fourth-order valence-electron chi connectivity index (χ4n) is 2.01. The zero-order valence-corrected chi connectivity index (χ0v) is 12.1. The van der Waals surface area contributed by atoms with Crippen molar-refractivity contribution in [3.05, 3.63) is 29.6 Å². The lowest BCUT2D eigenvalue weighted by Crippen LogP contribution is -2.34. The second-order valence-electron chi connectivity index (χ2n) is 4.84. The number of carbonyl (C=O) groups excluding carboxylic acids is 1. The normalized spacial score (nSPS) is 11.9. The van der Waals surface area contributed by atoms with Gasteiger partial charge in [-0.1, -0.05) is 33.1 Å². The molecule has 20 heavy (non-hydrogen) atoms. The molecule has 0 bridgehead atoms. The molecule has 5 nitrogen and oxygen atoms in total. The topological polar surface area (TPSA) is 79.3 Å². The molecule has 0 saturated carbocycles. The lowest BCUT2D eigenvalue weighted by atomic mass is 10.0. The fraction of sp³-hybridized carbons (Fsp3) is 0.533. The molecule has 0 aromatic carbocycles. The zero-order valence-electron chi connectivity index (χ0n) is 12.1. The number of hydrogen-bond donors (Lipinski definition) is 2. The van der Waals surface area contributed by atoms with E-state index < -0.39 is 5.97 Å². The summed E-state index contributed by atoms with van der Waals surface area (Å²) in [5, 5.41) is 11.8. The summed E-state index contributed by atoms with van der Waals surface area (Å²) in [5.41, 5.74) is 0.338. The van der Waals surface area contributed by atoms with E-state index in [9.17, 15) is 9.59 Å². The van der Waals surface area contributed by atoms with E-state index in [2.05, 4.69) is 24.1 Å². The Morgan fingerprint density at radius 3 is 2.50 bits per heavy atom. The summed E-state index contributed by atoms with van der Waals surface area (Å²) in [7, 11) is 0. The Hall–Kier alpha value is -1.91. The van der Waals surface area contributed by atoms with Crippen LogP contribution in [0.1, 0.15) is 66.8 Å². The number of unbranched alkanes of at least 4 members (excludes halogenated alkanes) is 1. The molecule has 1 rings (SSSR count). The van der Waals surface area contributed by atoms with Gasteiger partial charge in [0.05, 0.1) is 5.56 Å². The first-order valence-electron chi connectivity index (χ1n) is 7.08. The largest absolute Gasteiger partial charge is 0.477 e. The van der Waals surface area contributed by atoms with E-state index in [1.807, 2.05) is 0 Å². The van der Waals surface area contributed by atoms with Crippen LogP contribution in [0, 0.1) is 0 Å². The molecule has 2 N–H and O–H groups in total. The van der Waals surface area contributed by atoms with E-state index in [1.54, 1.807) is 0 Å². The number of carbonyl (C=O) groups is 2. The highest BCUT2D eigenvalue weighted by Gasteiger charge is 2.14. The lowest BCUT2D eigenvalue weighted by Gasteiger charge is -2.17. The van der Waals surface area contributed by atoms with E-state index in [4.69, 9.17) is 5.11 Å². The maximum Gasteiger partial charge on any atom is 0.354 e. The average molecular weight is 278 g/mol. The molecule has 0 aliphatic heterocycles. The molecule has 1 aromatic heterocycles. The summed E-state index contributed by atoms with van der Waals surface area (Å²) < 4.78 is 0. The van der Waals surface area contributed by atoms with Crippen molar-refractivity contribution < 1.29 is 14.7 Å². The number of carboxylic acid groups (broad SMARTS) is 1. The minimum atomic E-state index is -1.09. The van der Waals surface area contributed by atoms with Gasteiger partial charge in [0.1, 0.15) is 5.69 Å². The van der Waals surface area contributed by atoms with E-state index in [1.165, 1.54) is 18.3 Å². The Labute approximate surface area is 119 Å². The molecule has 1 amide bonds. The van der Waals surface area contributed by atoms with Gasteiger partial charge in [0.2, 0.25) is 0 Å². The summed E-state index contributed by atoms with van der Waals surface area (Å²) in [4.78, 5) is 26.5. The van der Waals surface area contributed by atoms with E-state index in [0.29, 0.717) is 5.56 Å². The van der Waals surface area contributed by atoms with Crippen LogP contribution in [0.4, 0.5) is 0 Å². The number of pyridine rings is 1. The van der Waals surface area contributed by atoms with Crippen LogP contribution in [0.15, 0.2) is 18.3 Å². The third-order valence-corrected chi connectivity index (χ3v) is 3.12. The first kappa shape index (κ1) is 16.1. The maximum atomic E-state index is 12.1. The van der Waals surface area contributed by atoms with Crippen LogP contribution in [0.5, 0.6) is 0 Å². The molecule has 1 aromatic rings. The van der Waals surface area contributed by atoms with Crippen LogP contribution in [-0.2, 0) is 0 Å². The molecule has 1 unspecified atom stereocenters. The molecule has 5 heteroatoms. The van der Waals surface area contributed by atoms with Crippen LogP contribution < -0.4 is 5.32 Å². The first-order chi connectivity index (χ1) is 9.58. The number of rotatable bonds is 8. The van der Waals surface area contributed by atoms with Gasteiger partial charge < -0.3 is 10.4 Å². The van der Waals surface area contributed by atoms with Crippen LogP contribution >= 0.6 is 0 Å². The Morgan fingerprint density at radius 2 is 2.00 bits per heavy atom. The molecule has 0 spiro atoms. The fourth-order valence-corrected chi connectivity index (χ4v) is 2.01. The van der Waals surface area contributed by atoms with Crippen molar-refractivity contribution in [2.75, 3.05) is 0 Å². The Morgan fingerprint density at radius 1 is 1.25 bits per heavy atom. The van der Waals surface area contributed by atoms with Crippen molar-refractivity contribution in [2.45, 2.75) is 52.0 Å². The second-order valence-corrected chi connectivity index (χ2v) is 4.84. The van der Waals surface area contributed by atoms with Crippen molar-refractivity contribution in [1.29, 1.82) is 0 Å². The number of amides is 1. The minimum Gasteiger partial charge on any atom is -0.477 e. The maximum absolute atomic E-state index is 12.1. The van der Waals surface area contributed by atoms with Gasteiger partial charge in [-0.15, -0.1) is 0 Å². The summed E-state index contributed by atoms with van der Waals surface area (Å²) in [6.07, 6.45) is 6.43. The molecular formula is C15H22N2O3. The van der Waals surface area contributed by atoms with Crippen molar-refractivity contribution >= 4 is 11.9 Å². The third-order valence-electron chi connectivity index (χ3n) is 3.12. The summed E-state index contributed by atoms with van der Waals surface area (Å²) in [5.74, 6) is -1.28. The molecule has 0 radical (unpaired) electrons. The van der Waals surface area contributed by atoms with Gasteiger partial charge in [0, 0.05) is 12.2 Å². The van der Waals surface area contributed by atoms with Crippen molar-refractivity contribution in [1.82, 2.24) is 10.3 Å². The smallest absolute Gasteiger partial charge is 0.354 e. The van der Waals surface area contributed by atoms with Crippen LogP contribution in [-0.4, -0.2) is 28.0 Å². The van der Waals surface area contributed by atoms with E-state index in [-0.39, 0.29) is 17.6 Å². The van der Waals surface area contributed by atoms with Gasteiger partial charge in [-0.25, -0.2) is 9.78 Å². The monoisotopic (exact) mass is 278 g/mol. The molecule has 110 valence electrons. The Kier molecular flexibility index (Phi) is 6.70. The van der Waals surface area contributed by atoms with Gasteiger partial charge >= 0.3 is 5.97 Å². The molecule has 0 saturated heterocycles. The van der Waals surface area contributed by atoms with E-state index >= 15 is 0 Å². The first-order valence-corrected chi connectivity index (χ1v) is 7.08. The SMILES string of the molecule is CCCCC(CCC)NC(=O)c1ccc(C(=O)O)nc1. The van der Waals surface area contributed by atoms with Gasteiger partial charge in [0.25, 0.3) is 5.91 Å². The predicted octanol–water partition coefficient (Wildman–Crippen LogP) is 2.87. The Bertz CT molecular complexity index is 443. The van der Waals surface area contributed by atoms with Gasteiger partial charge in [-0.2, -0.15) is 0 Å². The standard InChI is InChI=1S/C15H22N2O3/c1-3-5-7-12(6-4-2)17-14(18)11-8-9-13(15(19)20)16-10-11/h8-10,12H,3-7H2,1-2H3,(H,17,18)(H,19,20). The summed E-state index contributed by atoms with van der Waals surface area (Å²) in [6, 6.07) is 3.01. The van der Waals surface area contributed by atoms with E-state index in [0.717, 1.165) is 32.1 Å². The molecular weight excluding hydrogens is 256 g/mol. The molecule has 1 atom stereocenters. The van der Waals surface area contributed by atoms with Gasteiger partial charge in [-0.05, 0) is 25.0 Å².